The van der Waals surface area contributed by atoms with Gasteiger partial charge >= 0.3 is 0 Å². The number of aliphatic hydroxyl groups is 1. The third-order valence-electron chi connectivity index (χ3n) is 2.27. The van der Waals surface area contributed by atoms with E-state index in [-0.39, 0.29) is 9.34 Å². The van der Waals surface area contributed by atoms with Crippen molar-refractivity contribution in [2.45, 2.75) is 24.2 Å². The lowest BCUT2D eigenvalue weighted by atomic mass is 10.3. The first-order valence-electron chi connectivity index (χ1n) is 5.22. The van der Waals surface area contributed by atoms with Crippen LogP contribution in [0.25, 0.3) is 0 Å². The quantitative estimate of drug-likeness (QED) is 0.850. The molecule has 0 saturated heterocycles. The van der Waals surface area contributed by atoms with Gasteiger partial charge in [0.25, 0.3) is 10.0 Å². The Labute approximate surface area is 127 Å². The van der Waals surface area contributed by atoms with Gasteiger partial charge in [-0.05, 0) is 41.4 Å². The molecule has 0 aliphatic carbocycles. The molecule has 2 aromatic heterocycles. The first kappa shape index (κ1) is 14.9. The summed E-state index contributed by atoms with van der Waals surface area (Å²) in [6, 6.07) is 1.60. The fourth-order valence-corrected chi connectivity index (χ4v) is 5.53. The van der Waals surface area contributed by atoms with Crippen LogP contribution in [0.15, 0.2) is 19.4 Å². The number of halogens is 1. The molecule has 2 aromatic rings. The second-order valence-corrected chi connectivity index (χ2v) is 9.02. The Bertz CT molecular complexity index is 671. The second-order valence-electron chi connectivity index (χ2n) is 3.88. The van der Waals surface area contributed by atoms with Gasteiger partial charge in [0.2, 0.25) is 0 Å². The molecular formula is C10H11BrN2O3S3. The molecule has 1 atom stereocenters. The Morgan fingerprint density at radius 2 is 2.21 bits per heavy atom. The molecular weight excluding hydrogens is 372 g/mol. The van der Waals surface area contributed by atoms with Crippen LogP contribution in [-0.2, 0) is 10.0 Å². The Morgan fingerprint density at radius 1 is 1.53 bits per heavy atom. The lowest BCUT2D eigenvalue weighted by Crippen LogP contribution is -2.11. The molecule has 0 aromatic carbocycles. The predicted octanol–water partition coefficient (Wildman–Crippen LogP) is 3.13. The Morgan fingerprint density at radius 3 is 2.68 bits per heavy atom. The van der Waals surface area contributed by atoms with Gasteiger partial charge in [0, 0.05) is 5.38 Å². The van der Waals surface area contributed by atoms with E-state index in [1.165, 1.54) is 0 Å². The lowest BCUT2D eigenvalue weighted by Gasteiger charge is -2.02. The number of aryl methyl sites for hydroxylation is 1. The Balaban J connectivity index is 2.25. The van der Waals surface area contributed by atoms with E-state index in [0.29, 0.717) is 5.69 Å². The number of hydrogen-bond donors (Lipinski definition) is 2. The maximum Gasteiger partial charge on any atom is 0.273 e. The maximum atomic E-state index is 12.1. The summed E-state index contributed by atoms with van der Waals surface area (Å²) in [7, 11) is -3.62. The number of aromatic nitrogens is 1. The molecule has 5 nitrogen and oxygen atoms in total. The molecule has 0 saturated carbocycles. The van der Waals surface area contributed by atoms with Gasteiger partial charge in [-0.3, -0.25) is 4.72 Å². The highest BCUT2D eigenvalue weighted by Gasteiger charge is 2.20. The fraction of sp³-hybridized carbons (Fsp3) is 0.300. The molecule has 0 aliphatic rings. The van der Waals surface area contributed by atoms with Gasteiger partial charge < -0.3 is 5.11 Å². The number of hydrogen-bond acceptors (Lipinski definition) is 6. The van der Waals surface area contributed by atoms with Gasteiger partial charge in [0.05, 0.1) is 15.6 Å². The third-order valence-corrected chi connectivity index (χ3v) is 7.13. The van der Waals surface area contributed by atoms with Gasteiger partial charge in [0.1, 0.15) is 4.21 Å². The summed E-state index contributed by atoms with van der Waals surface area (Å²) in [5.74, 6) is 0. The van der Waals surface area contributed by atoms with Crippen LogP contribution < -0.4 is 4.72 Å². The van der Waals surface area contributed by atoms with Crippen molar-refractivity contribution in [2.24, 2.45) is 0 Å². The van der Waals surface area contributed by atoms with Crippen LogP contribution >= 0.6 is 38.6 Å². The molecule has 0 bridgehead atoms. The Hall–Kier alpha value is -0.480. The topological polar surface area (TPSA) is 79.3 Å². The predicted molar refractivity (Wildman–Crippen MR) is 80.3 cm³/mol. The van der Waals surface area contributed by atoms with Gasteiger partial charge in [-0.15, -0.1) is 22.7 Å². The third kappa shape index (κ3) is 3.34. The number of thiophene rings is 1. The number of aliphatic hydroxyl groups excluding tert-OH is 1. The van der Waals surface area contributed by atoms with Crippen molar-refractivity contribution in [2.75, 3.05) is 4.72 Å². The summed E-state index contributed by atoms with van der Waals surface area (Å²) in [5, 5.41) is 11.2. The monoisotopic (exact) mass is 382 g/mol. The molecule has 1 unspecified atom stereocenters. The van der Waals surface area contributed by atoms with Crippen molar-refractivity contribution in [3.05, 3.63) is 26.5 Å². The zero-order valence-corrected chi connectivity index (χ0v) is 14.1. The molecule has 104 valence electrons. The lowest BCUT2D eigenvalue weighted by molar-refractivity contribution is 0.195. The van der Waals surface area contributed by atoms with E-state index < -0.39 is 16.1 Å². The molecule has 19 heavy (non-hydrogen) atoms. The molecule has 0 amide bonds. The first-order valence-corrected chi connectivity index (χ1v) is 9.19. The summed E-state index contributed by atoms with van der Waals surface area (Å²) in [5.41, 5.74) is 1.32. The van der Waals surface area contributed by atoms with Gasteiger partial charge in [-0.2, -0.15) is 0 Å². The summed E-state index contributed by atoms with van der Waals surface area (Å²) in [6.07, 6.45) is -0.715. The average molecular weight is 383 g/mol. The molecule has 0 radical (unpaired) electrons. The van der Waals surface area contributed by atoms with E-state index in [4.69, 9.17) is 0 Å². The summed E-state index contributed by atoms with van der Waals surface area (Å²) in [4.78, 5) is 4.02. The minimum atomic E-state index is -3.62. The molecule has 9 heteroatoms. The summed E-state index contributed by atoms with van der Waals surface area (Å²) < 4.78 is 27.7. The number of nitrogens with one attached hydrogen (secondary N) is 1. The summed E-state index contributed by atoms with van der Waals surface area (Å²) in [6.45, 7) is 3.40. The van der Waals surface area contributed by atoms with Crippen molar-refractivity contribution in [1.82, 2.24) is 4.98 Å². The van der Waals surface area contributed by atoms with Crippen LogP contribution in [0.4, 0.5) is 5.13 Å². The number of sulfonamides is 1. The zero-order valence-electron chi connectivity index (χ0n) is 10.0. The van der Waals surface area contributed by atoms with E-state index in [2.05, 4.69) is 25.6 Å². The SMILES string of the molecule is Cc1cc(S(=O)(=O)Nc2nc(C(C)O)cs2)sc1Br. The number of nitrogens with zero attached hydrogens (tertiary/aromatic N) is 1. The van der Waals surface area contributed by atoms with Crippen molar-refractivity contribution < 1.29 is 13.5 Å². The van der Waals surface area contributed by atoms with E-state index in [1.807, 2.05) is 6.92 Å². The minimum Gasteiger partial charge on any atom is -0.387 e. The van der Waals surface area contributed by atoms with Crippen molar-refractivity contribution >= 4 is 53.8 Å². The Kier molecular flexibility index (Phi) is 4.31. The molecule has 0 aliphatic heterocycles. The van der Waals surface area contributed by atoms with Gasteiger partial charge in [0.15, 0.2) is 5.13 Å². The highest BCUT2D eigenvalue weighted by Crippen LogP contribution is 2.32. The van der Waals surface area contributed by atoms with Gasteiger partial charge in [-0.25, -0.2) is 13.4 Å². The molecule has 0 spiro atoms. The molecule has 2 N–H and O–H groups in total. The van der Waals surface area contributed by atoms with Crippen molar-refractivity contribution in [1.29, 1.82) is 0 Å². The van der Waals surface area contributed by atoms with E-state index in [9.17, 15) is 13.5 Å². The largest absolute Gasteiger partial charge is 0.387 e. The highest BCUT2D eigenvalue weighted by atomic mass is 79.9. The zero-order chi connectivity index (χ0) is 14.2. The van der Waals surface area contributed by atoms with E-state index >= 15 is 0 Å². The van der Waals surface area contributed by atoms with Crippen LogP contribution in [0.2, 0.25) is 0 Å². The van der Waals surface area contributed by atoms with E-state index in [0.717, 1.165) is 32.0 Å². The van der Waals surface area contributed by atoms with Crippen LogP contribution in [0.1, 0.15) is 24.3 Å². The smallest absolute Gasteiger partial charge is 0.273 e. The second kappa shape index (κ2) is 5.49. The van der Waals surface area contributed by atoms with Crippen LogP contribution in [-0.4, -0.2) is 18.5 Å². The van der Waals surface area contributed by atoms with Crippen LogP contribution in [0, 0.1) is 6.92 Å². The van der Waals surface area contributed by atoms with Crippen molar-refractivity contribution in [3.63, 3.8) is 0 Å². The minimum absolute atomic E-state index is 0.227. The van der Waals surface area contributed by atoms with Crippen LogP contribution in [0.5, 0.6) is 0 Å². The maximum absolute atomic E-state index is 12.1. The van der Waals surface area contributed by atoms with Gasteiger partial charge in [-0.1, -0.05) is 0 Å². The number of rotatable bonds is 4. The normalized spacial score (nSPS) is 13.5. The van der Waals surface area contributed by atoms with Crippen molar-refractivity contribution in [3.8, 4) is 0 Å². The van der Waals surface area contributed by atoms with E-state index in [1.54, 1.807) is 18.4 Å². The average Bonchev–Trinajstić information content (AvgIpc) is 2.87. The highest BCUT2D eigenvalue weighted by molar-refractivity contribution is 9.11. The number of thiazole rings is 1. The standard InChI is InChI=1S/C10H11BrN2O3S3/c1-5-3-8(18-9(5)11)19(15,16)13-10-12-7(4-17-10)6(2)14/h3-4,6,14H,1-2H3,(H,12,13). The summed E-state index contributed by atoms with van der Waals surface area (Å²) >= 11 is 5.59. The fourth-order valence-electron chi connectivity index (χ4n) is 1.25. The molecule has 0 fully saturated rings. The number of anilines is 1. The molecule has 2 heterocycles. The first-order chi connectivity index (χ1) is 8.79. The molecule has 2 rings (SSSR count). The van der Waals surface area contributed by atoms with Crippen LogP contribution in [0.3, 0.4) is 0 Å².